The monoisotopic (exact) mass is 210 g/mol. The van der Waals surface area contributed by atoms with Crippen molar-refractivity contribution < 1.29 is 19.1 Å². The van der Waals surface area contributed by atoms with Gasteiger partial charge in [-0.25, -0.2) is 4.39 Å². The lowest BCUT2D eigenvalue weighted by Crippen LogP contribution is -2.24. The molecular weight excluding hydrogens is 201 g/mol. The summed E-state index contributed by atoms with van der Waals surface area (Å²) in [5.41, 5.74) is 0.430. The van der Waals surface area contributed by atoms with Crippen molar-refractivity contribution in [3.63, 3.8) is 0 Å². The summed E-state index contributed by atoms with van der Waals surface area (Å²) >= 11 is 0. The summed E-state index contributed by atoms with van der Waals surface area (Å²) in [4.78, 5) is 21.2. The number of hydrogen-bond acceptors (Lipinski definition) is 3. The van der Waals surface area contributed by atoms with E-state index in [4.69, 9.17) is 0 Å². The lowest BCUT2D eigenvalue weighted by molar-refractivity contribution is -0.305. The predicted molar refractivity (Wildman–Crippen MR) is 49.3 cm³/mol. The zero-order valence-corrected chi connectivity index (χ0v) is 7.83. The highest BCUT2D eigenvalue weighted by atomic mass is 19.1. The van der Waals surface area contributed by atoms with E-state index in [1.54, 1.807) is 0 Å². The number of carboxylic acids is 1. The van der Waals surface area contributed by atoms with Crippen LogP contribution in [0.25, 0.3) is 0 Å². The number of halogens is 1. The van der Waals surface area contributed by atoms with Crippen LogP contribution in [0.3, 0.4) is 0 Å². The Balaban J connectivity index is 2.44. The third-order valence-corrected chi connectivity index (χ3v) is 1.68. The molecule has 1 aromatic rings. The van der Waals surface area contributed by atoms with E-state index in [0.717, 1.165) is 0 Å². The van der Waals surface area contributed by atoms with Gasteiger partial charge in [-0.1, -0.05) is 0 Å². The maximum absolute atomic E-state index is 12.5. The number of anilines is 1. The molecule has 0 saturated heterocycles. The SMILES string of the molecule is O=C([O-])CCC(=O)Nc1ccc(F)cc1. The van der Waals surface area contributed by atoms with Crippen LogP contribution in [-0.2, 0) is 9.59 Å². The Morgan fingerprint density at radius 3 is 2.33 bits per heavy atom. The zero-order chi connectivity index (χ0) is 11.3. The number of benzene rings is 1. The van der Waals surface area contributed by atoms with Crippen molar-refractivity contribution in [2.24, 2.45) is 0 Å². The fourth-order valence-corrected chi connectivity index (χ4v) is 0.972. The summed E-state index contributed by atoms with van der Waals surface area (Å²) < 4.78 is 12.5. The quantitative estimate of drug-likeness (QED) is 0.776. The second-order valence-electron chi connectivity index (χ2n) is 2.93. The first-order valence-corrected chi connectivity index (χ1v) is 4.33. The molecule has 0 aliphatic carbocycles. The third kappa shape index (κ3) is 4.21. The van der Waals surface area contributed by atoms with E-state index >= 15 is 0 Å². The molecule has 0 spiro atoms. The van der Waals surface area contributed by atoms with Gasteiger partial charge in [-0.05, 0) is 30.7 Å². The number of hydrogen-bond donors (Lipinski definition) is 1. The van der Waals surface area contributed by atoms with Crippen LogP contribution in [0, 0.1) is 5.82 Å². The molecule has 0 aliphatic heterocycles. The molecule has 1 rings (SSSR count). The van der Waals surface area contributed by atoms with Crippen LogP contribution in [0.15, 0.2) is 24.3 Å². The van der Waals surface area contributed by atoms with Crippen molar-refractivity contribution in [1.29, 1.82) is 0 Å². The van der Waals surface area contributed by atoms with Crippen molar-refractivity contribution in [2.45, 2.75) is 12.8 Å². The van der Waals surface area contributed by atoms with Gasteiger partial charge >= 0.3 is 0 Å². The highest BCUT2D eigenvalue weighted by Crippen LogP contribution is 2.08. The van der Waals surface area contributed by atoms with E-state index in [9.17, 15) is 19.1 Å². The average Bonchev–Trinajstić information content (AvgIpc) is 2.19. The molecule has 0 atom stereocenters. The fraction of sp³-hybridized carbons (Fsp3) is 0.200. The van der Waals surface area contributed by atoms with Crippen LogP contribution in [0.2, 0.25) is 0 Å². The summed E-state index contributed by atoms with van der Waals surface area (Å²) in [5.74, 6) is -2.11. The molecule has 0 radical (unpaired) electrons. The normalized spacial score (nSPS) is 9.67. The molecule has 15 heavy (non-hydrogen) atoms. The first-order chi connectivity index (χ1) is 7.08. The first kappa shape index (κ1) is 11.2. The van der Waals surface area contributed by atoms with Gasteiger partial charge in [0.2, 0.25) is 5.91 Å². The second kappa shape index (κ2) is 5.09. The van der Waals surface area contributed by atoms with Crippen LogP contribution in [0.4, 0.5) is 10.1 Å². The molecule has 1 amide bonds. The summed E-state index contributed by atoms with van der Waals surface area (Å²) in [7, 11) is 0. The molecule has 5 heteroatoms. The number of carbonyl (C=O) groups excluding carboxylic acids is 2. The zero-order valence-electron chi connectivity index (χ0n) is 7.83. The van der Waals surface area contributed by atoms with E-state index in [-0.39, 0.29) is 12.8 Å². The van der Waals surface area contributed by atoms with Gasteiger partial charge < -0.3 is 15.2 Å². The van der Waals surface area contributed by atoms with Gasteiger partial charge in [-0.3, -0.25) is 4.79 Å². The average molecular weight is 210 g/mol. The number of carboxylic acid groups (broad SMARTS) is 1. The Hall–Kier alpha value is -1.91. The van der Waals surface area contributed by atoms with E-state index < -0.39 is 17.7 Å². The summed E-state index contributed by atoms with van der Waals surface area (Å²) in [6.45, 7) is 0. The number of amides is 1. The number of rotatable bonds is 4. The fourth-order valence-electron chi connectivity index (χ4n) is 0.972. The molecule has 0 unspecified atom stereocenters. The van der Waals surface area contributed by atoms with Crippen LogP contribution in [0.1, 0.15) is 12.8 Å². The minimum atomic E-state index is -1.27. The number of carbonyl (C=O) groups is 2. The van der Waals surface area contributed by atoms with Gasteiger partial charge in [0.25, 0.3) is 0 Å². The molecule has 0 aromatic heterocycles. The van der Waals surface area contributed by atoms with E-state index in [2.05, 4.69) is 5.32 Å². The molecule has 1 aromatic carbocycles. The summed E-state index contributed by atoms with van der Waals surface area (Å²) in [6, 6.07) is 5.20. The summed E-state index contributed by atoms with van der Waals surface area (Å²) in [6.07, 6.45) is -0.479. The van der Waals surface area contributed by atoms with Crippen molar-refractivity contribution >= 4 is 17.6 Å². The number of nitrogens with one attached hydrogen (secondary N) is 1. The summed E-state index contributed by atoms with van der Waals surface area (Å²) in [5, 5.41) is 12.5. The predicted octanol–water partition coefficient (Wildman–Crippen LogP) is 0.294. The topological polar surface area (TPSA) is 69.2 Å². The van der Waals surface area contributed by atoms with Crippen LogP contribution in [-0.4, -0.2) is 11.9 Å². The Bertz CT molecular complexity index is 361. The molecule has 80 valence electrons. The lowest BCUT2D eigenvalue weighted by Gasteiger charge is -2.05. The highest BCUT2D eigenvalue weighted by Gasteiger charge is 2.02. The van der Waals surface area contributed by atoms with Crippen LogP contribution in [0.5, 0.6) is 0 Å². The molecule has 0 heterocycles. The van der Waals surface area contributed by atoms with Crippen LogP contribution < -0.4 is 10.4 Å². The van der Waals surface area contributed by atoms with Gasteiger partial charge in [0, 0.05) is 18.1 Å². The van der Waals surface area contributed by atoms with Crippen molar-refractivity contribution in [1.82, 2.24) is 0 Å². The van der Waals surface area contributed by atoms with Crippen LogP contribution >= 0.6 is 0 Å². The molecule has 0 fully saturated rings. The van der Waals surface area contributed by atoms with Gasteiger partial charge in [0.05, 0.1) is 0 Å². The molecule has 0 aliphatic rings. The minimum Gasteiger partial charge on any atom is -0.550 e. The van der Waals surface area contributed by atoms with Gasteiger partial charge in [-0.15, -0.1) is 0 Å². The molecule has 0 saturated carbocycles. The van der Waals surface area contributed by atoms with E-state index in [1.807, 2.05) is 0 Å². The standard InChI is InChI=1S/C10H10FNO3/c11-7-1-3-8(4-2-7)12-9(13)5-6-10(14)15/h1-4H,5-6H2,(H,12,13)(H,14,15)/p-1. The van der Waals surface area contributed by atoms with Gasteiger partial charge in [0.1, 0.15) is 5.82 Å². The van der Waals surface area contributed by atoms with Crippen molar-refractivity contribution in [3.8, 4) is 0 Å². The maximum atomic E-state index is 12.5. The molecule has 0 bridgehead atoms. The van der Waals surface area contributed by atoms with Crippen molar-refractivity contribution in [3.05, 3.63) is 30.1 Å². The molecular formula is C10H9FNO3-. The lowest BCUT2D eigenvalue weighted by atomic mass is 10.2. The Morgan fingerprint density at radius 1 is 1.20 bits per heavy atom. The molecule has 4 nitrogen and oxygen atoms in total. The second-order valence-corrected chi connectivity index (χ2v) is 2.93. The maximum Gasteiger partial charge on any atom is 0.224 e. The van der Waals surface area contributed by atoms with E-state index in [1.165, 1.54) is 24.3 Å². The van der Waals surface area contributed by atoms with Gasteiger partial charge in [-0.2, -0.15) is 0 Å². The van der Waals surface area contributed by atoms with Gasteiger partial charge in [0.15, 0.2) is 0 Å². The largest absolute Gasteiger partial charge is 0.550 e. The number of aliphatic carboxylic acids is 1. The molecule has 1 N–H and O–H groups in total. The Labute approximate surface area is 85.7 Å². The van der Waals surface area contributed by atoms with Crippen molar-refractivity contribution in [2.75, 3.05) is 5.32 Å². The Kier molecular flexibility index (Phi) is 3.79. The minimum absolute atomic E-state index is 0.153. The highest BCUT2D eigenvalue weighted by molar-refractivity contribution is 5.92. The van der Waals surface area contributed by atoms with E-state index in [0.29, 0.717) is 5.69 Å². The first-order valence-electron chi connectivity index (χ1n) is 4.33. The third-order valence-electron chi connectivity index (χ3n) is 1.68. The Morgan fingerprint density at radius 2 is 1.80 bits per heavy atom. The smallest absolute Gasteiger partial charge is 0.224 e.